The van der Waals surface area contributed by atoms with Crippen LogP contribution in [0.25, 0.3) is 6.08 Å². The van der Waals surface area contributed by atoms with Crippen LogP contribution >= 0.6 is 11.8 Å². The Bertz CT molecular complexity index is 467. The Hall–Kier alpha value is -0.705. The van der Waals surface area contributed by atoms with Gasteiger partial charge in [-0.15, -0.1) is 11.8 Å². The maximum absolute atomic E-state index is 6.14. The fraction of sp³-hybridized carbons (Fsp3) is 0.500. The summed E-state index contributed by atoms with van der Waals surface area (Å²) in [5, 5.41) is 0. The van der Waals surface area contributed by atoms with E-state index in [1.807, 2.05) is 18.2 Å². The summed E-state index contributed by atoms with van der Waals surface area (Å²) in [6.45, 7) is 10.5. The molecule has 0 amide bonds. The largest absolute Gasteiger partial charge is 0.501 e. The molecule has 0 radical (unpaired) electrons. The highest BCUT2D eigenvalue weighted by Gasteiger charge is 2.52. The summed E-state index contributed by atoms with van der Waals surface area (Å²) in [4.78, 5) is 1.14. The third kappa shape index (κ3) is 3.30. The third-order valence-corrected chi connectivity index (χ3v) is 4.84. The Kier molecular flexibility index (Phi) is 4.67. The Labute approximate surface area is 127 Å². The van der Waals surface area contributed by atoms with Gasteiger partial charge in [0, 0.05) is 4.80 Å². The lowest BCUT2D eigenvalue weighted by Crippen LogP contribution is -2.41. The standard InChI is InChI=1S/C16H23BO2S/c1-6-20-14(12-13-10-8-7-9-11-13)17-18-15(2,3)16(4,5)19-17/h7-12H,6H2,1-5H3/b14-12-. The molecule has 1 fully saturated rings. The van der Waals surface area contributed by atoms with E-state index < -0.39 is 0 Å². The summed E-state index contributed by atoms with van der Waals surface area (Å²) >= 11 is 1.78. The average molecular weight is 290 g/mol. The number of benzene rings is 1. The first kappa shape index (κ1) is 15.7. The van der Waals surface area contributed by atoms with Gasteiger partial charge in [0.05, 0.1) is 11.2 Å². The lowest BCUT2D eigenvalue weighted by Gasteiger charge is -2.32. The van der Waals surface area contributed by atoms with Crippen molar-refractivity contribution in [3.8, 4) is 0 Å². The Morgan fingerprint density at radius 2 is 1.65 bits per heavy atom. The smallest absolute Gasteiger partial charge is 0.399 e. The number of rotatable bonds is 4. The molecule has 4 heteroatoms. The summed E-state index contributed by atoms with van der Waals surface area (Å²) in [7, 11) is -0.273. The third-order valence-electron chi connectivity index (χ3n) is 3.91. The summed E-state index contributed by atoms with van der Waals surface area (Å²) in [6, 6.07) is 10.3. The second-order valence-electron chi connectivity index (χ2n) is 5.98. The zero-order chi connectivity index (χ0) is 14.8. The van der Waals surface area contributed by atoms with Crippen molar-refractivity contribution in [3.63, 3.8) is 0 Å². The van der Waals surface area contributed by atoms with E-state index in [0.717, 1.165) is 10.6 Å². The summed E-state index contributed by atoms with van der Waals surface area (Å²) in [5.74, 6) is 1.00. The highest BCUT2D eigenvalue weighted by molar-refractivity contribution is 8.04. The maximum atomic E-state index is 6.14. The van der Waals surface area contributed by atoms with Crippen LogP contribution in [0.3, 0.4) is 0 Å². The predicted octanol–water partition coefficient (Wildman–Crippen LogP) is 4.41. The van der Waals surface area contributed by atoms with Crippen molar-refractivity contribution >= 4 is 25.0 Å². The van der Waals surface area contributed by atoms with E-state index in [4.69, 9.17) is 9.31 Å². The molecule has 20 heavy (non-hydrogen) atoms. The SMILES string of the molecule is CCS/C(=C\c1ccccc1)B1OC(C)(C)C(C)(C)O1. The molecule has 0 saturated carbocycles. The first-order chi connectivity index (χ1) is 9.36. The van der Waals surface area contributed by atoms with Gasteiger partial charge >= 0.3 is 7.12 Å². The molecule has 0 spiro atoms. The zero-order valence-electron chi connectivity index (χ0n) is 13.0. The van der Waals surface area contributed by atoms with Crippen LogP contribution in [0.4, 0.5) is 0 Å². The van der Waals surface area contributed by atoms with Crippen LogP contribution in [-0.4, -0.2) is 24.1 Å². The van der Waals surface area contributed by atoms with Gasteiger partial charge in [0.15, 0.2) is 0 Å². The summed E-state index contributed by atoms with van der Waals surface area (Å²) in [5.41, 5.74) is 0.599. The molecule has 108 valence electrons. The minimum Gasteiger partial charge on any atom is -0.399 e. The van der Waals surface area contributed by atoms with Gasteiger partial charge in [-0.3, -0.25) is 0 Å². The lowest BCUT2D eigenvalue weighted by molar-refractivity contribution is 0.00578. The van der Waals surface area contributed by atoms with E-state index in [0.29, 0.717) is 0 Å². The molecule has 1 heterocycles. The Morgan fingerprint density at radius 1 is 1.10 bits per heavy atom. The van der Waals surface area contributed by atoms with Crippen LogP contribution < -0.4 is 0 Å². The fourth-order valence-corrected chi connectivity index (χ4v) is 2.80. The topological polar surface area (TPSA) is 18.5 Å². The van der Waals surface area contributed by atoms with Crippen molar-refractivity contribution < 1.29 is 9.31 Å². The molecule has 0 aliphatic carbocycles. The van der Waals surface area contributed by atoms with E-state index in [2.05, 4.69) is 52.8 Å². The van der Waals surface area contributed by atoms with Crippen molar-refractivity contribution in [2.45, 2.75) is 45.8 Å². The number of hydrogen-bond acceptors (Lipinski definition) is 3. The molecule has 0 N–H and O–H groups in total. The zero-order valence-corrected chi connectivity index (χ0v) is 13.8. The normalized spacial score (nSPS) is 21.2. The quantitative estimate of drug-likeness (QED) is 0.765. The maximum Gasteiger partial charge on any atom is 0.501 e. The monoisotopic (exact) mass is 290 g/mol. The van der Waals surface area contributed by atoms with Crippen LogP contribution in [0.15, 0.2) is 35.1 Å². The Morgan fingerprint density at radius 3 is 2.15 bits per heavy atom. The fourth-order valence-electron chi connectivity index (χ4n) is 2.02. The van der Waals surface area contributed by atoms with Gasteiger partial charge in [0.25, 0.3) is 0 Å². The van der Waals surface area contributed by atoms with Gasteiger partial charge in [0.2, 0.25) is 0 Å². The number of thioether (sulfide) groups is 1. The van der Waals surface area contributed by atoms with Crippen molar-refractivity contribution in [3.05, 3.63) is 40.7 Å². The van der Waals surface area contributed by atoms with E-state index in [1.54, 1.807) is 11.8 Å². The van der Waals surface area contributed by atoms with Crippen molar-refractivity contribution in [2.75, 3.05) is 5.75 Å². The second-order valence-corrected chi connectivity index (χ2v) is 7.32. The molecule has 0 unspecified atom stereocenters. The molecule has 0 aromatic heterocycles. The lowest BCUT2D eigenvalue weighted by atomic mass is 9.88. The summed E-state index contributed by atoms with van der Waals surface area (Å²) < 4.78 is 12.3. The molecular weight excluding hydrogens is 267 g/mol. The van der Waals surface area contributed by atoms with Crippen molar-refractivity contribution in [1.29, 1.82) is 0 Å². The van der Waals surface area contributed by atoms with Crippen molar-refractivity contribution in [2.24, 2.45) is 0 Å². The van der Waals surface area contributed by atoms with Gasteiger partial charge in [0.1, 0.15) is 0 Å². The van der Waals surface area contributed by atoms with Crippen LogP contribution in [0.2, 0.25) is 0 Å². The van der Waals surface area contributed by atoms with Gasteiger partial charge in [-0.1, -0.05) is 37.3 Å². The van der Waals surface area contributed by atoms with E-state index in [1.165, 1.54) is 5.56 Å². The minimum absolute atomic E-state index is 0.273. The molecule has 2 nitrogen and oxygen atoms in total. The predicted molar refractivity (Wildman–Crippen MR) is 88.6 cm³/mol. The molecule has 1 aromatic rings. The van der Waals surface area contributed by atoms with E-state index in [9.17, 15) is 0 Å². The van der Waals surface area contributed by atoms with Gasteiger partial charge in [-0.25, -0.2) is 0 Å². The number of hydrogen-bond donors (Lipinski definition) is 0. The van der Waals surface area contributed by atoms with Gasteiger partial charge in [-0.05, 0) is 45.1 Å². The van der Waals surface area contributed by atoms with Gasteiger partial charge < -0.3 is 9.31 Å². The molecule has 1 aliphatic heterocycles. The molecule has 2 rings (SSSR count). The second kappa shape index (κ2) is 5.96. The van der Waals surface area contributed by atoms with Gasteiger partial charge in [-0.2, -0.15) is 0 Å². The average Bonchev–Trinajstić information content (AvgIpc) is 2.59. The minimum atomic E-state index is -0.290. The van der Waals surface area contributed by atoms with Crippen LogP contribution in [0.1, 0.15) is 40.2 Å². The highest BCUT2D eigenvalue weighted by Crippen LogP contribution is 2.41. The molecular formula is C16H23BO2S. The van der Waals surface area contributed by atoms with Crippen molar-refractivity contribution in [1.82, 2.24) is 0 Å². The van der Waals surface area contributed by atoms with Crippen LogP contribution in [0, 0.1) is 0 Å². The molecule has 1 aliphatic rings. The summed E-state index contributed by atoms with van der Waals surface area (Å²) in [6.07, 6.45) is 2.16. The van der Waals surface area contributed by atoms with E-state index >= 15 is 0 Å². The van der Waals surface area contributed by atoms with Crippen LogP contribution in [-0.2, 0) is 9.31 Å². The molecule has 0 bridgehead atoms. The molecule has 1 aromatic carbocycles. The first-order valence-electron chi connectivity index (χ1n) is 7.11. The Balaban J connectivity index is 2.25. The van der Waals surface area contributed by atoms with Crippen LogP contribution in [0.5, 0.6) is 0 Å². The first-order valence-corrected chi connectivity index (χ1v) is 8.09. The van der Waals surface area contributed by atoms with E-state index in [-0.39, 0.29) is 18.3 Å². The highest BCUT2D eigenvalue weighted by atomic mass is 32.2. The molecule has 0 atom stereocenters. The molecule has 1 saturated heterocycles.